The molecule has 3 rings (SSSR count). The Bertz CT molecular complexity index is 813. The summed E-state index contributed by atoms with van der Waals surface area (Å²) < 4.78 is 1.88. The molecule has 0 aromatic carbocycles. The van der Waals surface area contributed by atoms with Gasteiger partial charge >= 0.3 is 0 Å². The van der Waals surface area contributed by atoms with E-state index in [1.165, 1.54) is 19.3 Å². The number of amides is 1. The van der Waals surface area contributed by atoms with Gasteiger partial charge in [0.25, 0.3) is 0 Å². The van der Waals surface area contributed by atoms with Crippen molar-refractivity contribution in [2.45, 2.75) is 76.8 Å². The van der Waals surface area contributed by atoms with Crippen LogP contribution in [0.25, 0.3) is 11.0 Å². The van der Waals surface area contributed by atoms with Crippen molar-refractivity contribution in [2.75, 3.05) is 18.4 Å². The number of fused-ring (bicyclic) bond motifs is 1. The van der Waals surface area contributed by atoms with Crippen molar-refractivity contribution in [3.63, 3.8) is 0 Å². The predicted octanol–water partition coefficient (Wildman–Crippen LogP) is 4.09. The topological polar surface area (TPSA) is 84.7 Å². The van der Waals surface area contributed by atoms with Crippen LogP contribution < -0.4 is 10.6 Å². The second-order valence-electron chi connectivity index (χ2n) is 8.53. The van der Waals surface area contributed by atoms with Crippen LogP contribution in [-0.4, -0.2) is 44.0 Å². The van der Waals surface area contributed by atoms with Gasteiger partial charge in [-0.2, -0.15) is 5.10 Å². The maximum absolute atomic E-state index is 12.4. The molecule has 2 aromatic rings. The molecule has 0 atom stereocenters. The molecule has 2 heterocycles. The summed E-state index contributed by atoms with van der Waals surface area (Å²) in [7, 11) is 0. The van der Waals surface area contributed by atoms with E-state index in [1.807, 2.05) is 10.9 Å². The first-order valence-corrected chi connectivity index (χ1v) is 11.7. The maximum atomic E-state index is 12.4. The molecule has 160 valence electrons. The molecule has 7 nitrogen and oxygen atoms in total. The number of thioether (sulfide) groups is 1. The molecule has 0 aliphatic heterocycles. The fourth-order valence-electron chi connectivity index (χ4n) is 3.59. The molecule has 0 radical (unpaired) electrons. The number of carbonyl (C=O) groups is 1. The Balaban J connectivity index is 1.71. The molecule has 0 saturated heterocycles. The Kier molecular flexibility index (Phi) is 7.75. The van der Waals surface area contributed by atoms with E-state index >= 15 is 0 Å². The van der Waals surface area contributed by atoms with Gasteiger partial charge in [-0.05, 0) is 18.8 Å². The summed E-state index contributed by atoms with van der Waals surface area (Å²) >= 11 is 1.65. The number of hydrogen-bond acceptors (Lipinski definition) is 6. The first kappa shape index (κ1) is 21.9. The van der Waals surface area contributed by atoms with Crippen molar-refractivity contribution < 1.29 is 4.79 Å². The van der Waals surface area contributed by atoms with Gasteiger partial charge in [0.1, 0.15) is 5.82 Å². The first-order chi connectivity index (χ1) is 13.9. The van der Waals surface area contributed by atoms with Crippen LogP contribution in [-0.2, 0) is 11.3 Å². The molecule has 2 N–H and O–H groups in total. The van der Waals surface area contributed by atoms with Gasteiger partial charge in [0.15, 0.2) is 10.8 Å². The fraction of sp³-hybridized carbons (Fsp3) is 0.714. The first-order valence-electron chi connectivity index (χ1n) is 10.9. The van der Waals surface area contributed by atoms with E-state index in [9.17, 15) is 4.79 Å². The van der Waals surface area contributed by atoms with Gasteiger partial charge in [-0.15, -0.1) is 0 Å². The number of nitrogens with one attached hydrogen (secondary N) is 2. The molecular formula is C21H34N6OS. The zero-order valence-electron chi connectivity index (χ0n) is 18.1. The van der Waals surface area contributed by atoms with Crippen LogP contribution in [0.5, 0.6) is 0 Å². The molecule has 8 heteroatoms. The van der Waals surface area contributed by atoms with Gasteiger partial charge in [-0.3, -0.25) is 4.79 Å². The molecule has 1 aliphatic carbocycles. The monoisotopic (exact) mass is 418 g/mol. The lowest BCUT2D eigenvalue weighted by Crippen LogP contribution is -2.34. The minimum atomic E-state index is 0.182. The number of nitrogens with zero attached hydrogens (tertiary/aromatic N) is 4. The van der Waals surface area contributed by atoms with Crippen LogP contribution in [0.2, 0.25) is 0 Å². The van der Waals surface area contributed by atoms with E-state index in [-0.39, 0.29) is 11.8 Å². The molecule has 29 heavy (non-hydrogen) atoms. The number of hydrogen-bond donors (Lipinski definition) is 2. The standard InChI is InChI=1S/C21H34N6OS/c1-14(2)12-23-18-17-13-24-27(19(17)26-21(25-18)29-15(3)4)11-10-22-20(28)16-8-6-5-7-9-16/h13-16H,5-12H2,1-4H3,(H,22,28)(H,23,25,26). The highest BCUT2D eigenvalue weighted by Crippen LogP contribution is 2.27. The van der Waals surface area contributed by atoms with Crippen LogP contribution >= 0.6 is 11.8 Å². The van der Waals surface area contributed by atoms with Gasteiger partial charge in [0.2, 0.25) is 5.91 Å². The largest absolute Gasteiger partial charge is 0.369 e. The molecule has 0 unspecified atom stereocenters. The minimum absolute atomic E-state index is 0.182. The molecule has 2 aromatic heterocycles. The number of anilines is 1. The summed E-state index contributed by atoms with van der Waals surface area (Å²) in [6, 6.07) is 0. The summed E-state index contributed by atoms with van der Waals surface area (Å²) in [6.07, 6.45) is 7.45. The summed E-state index contributed by atoms with van der Waals surface area (Å²) in [5.41, 5.74) is 0.821. The minimum Gasteiger partial charge on any atom is -0.369 e. The third-order valence-corrected chi connectivity index (χ3v) is 5.96. The van der Waals surface area contributed by atoms with E-state index < -0.39 is 0 Å². The van der Waals surface area contributed by atoms with E-state index in [2.05, 4.69) is 43.4 Å². The third-order valence-electron chi connectivity index (χ3n) is 5.09. The molecule has 1 aliphatic rings. The van der Waals surface area contributed by atoms with Crippen LogP contribution in [0.1, 0.15) is 59.8 Å². The number of aromatic nitrogens is 4. The molecule has 1 fully saturated rings. The van der Waals surface area contributed by atoms with Crippen molar-refractivity contribution in [3.8, 4) is 0 Å². The lowest BCUT2D eigenvalue weighted by atomic mass is 9.89. The van der Waals surface area contributed by atoms with Crippen LogP contribution in [0.4, 0.5) is 5.82 Å². The summed E-state index contributed by atoms with van der Waals surface area (Å²) in [4.78, 5) is 21.9. The Morgan fingerprint density at radius 2 is 1.97 bits per heavy atom. The molecule has 0 spiro atoms. The van der Waals surface area contributed by atoms with Crippen molar-refractivity contribution in [1.29, 1.82) is 0 Å². The van der Waals surface area contributed by atoms with Crippen molar-refractivity contribution >= 4 is 34.5 Å². The van der Waals surface area contributed by atoms with Gasteiger partial charge < -0.3 is 10.6 Å². The Morgan fingerprint density at radius 3 is 2.66 bits per heavy atom. The van der Waals surface area contributed by atoms with Crippen LogP contribution in [0, 0.1) is 11.8 Å². The number of carbonyl (C=O) groups excluding carboxylic acids is 1. The highest BCUT2D eigenvalue weighted by molar-refractivity contribution is 7.99. The highest BCUT2D eigenvalue weighted by atomic mass is 32.2. The van der Waals surface area contributed by atoms with Crippen molar-refractivity contribution in [3.05, 3.63) is 6.20 Å². The molecular weight excluding hydrogens is 384 g/mol. The van der Waals surface area contributed by atoms with E-state index in [0.717, 1.165) is 41.4 Å². The maximum Gasteiger partial charge on any atom is 0.223 e. The van der Waals surface area contributed by atoms with E-state index in [0.29, 0.717) is 24.3 Å². The Labute approximate surface area is 177 Å². The molecule has 0 bridgehead atoms. The smallest absolute Gasteiger partial charge is 0.223 e. The van der Waals surface area contributed by atoms with E-state index in [4.69, 9.17) is 9.97 Å². The summed E-state index contributed by atoms with van der Waals surface area (Å²) in [5, 5.41) is 13.1. The SMILES string of the molecule is CC(C)CNc1nc(SC(C)C)nc2c1cnn2CCNC(=O)C1CCCCC1. The van der Waals surface area contributed by atoms with Crippen molar-refractivity contribution in [2.24, 2.45) is 11.8 Å². The van der Waals surface area contributed by atoms with Crippen LogP contribution in [0.15, 0.2) is 11.4 Å². The lowest BCUT2D eigenvalue weighted by Gasteiger charge is -2.20. The highest BCUT2D eigenvalue weighted by Gasteiger charge is 2.21. The van der Waals surface area contributed by atoms with Gasteiger partial charge in [0.05, 0.1) is 18.1 Å². The van der Waals surface area contributed by atoms with Gasteiger partial charge in [-0.25, -0.2) is 14.6 Å². The molecule has 1 amide bonds. The average Bonchev–Trinajstić information content (AvgIpc) is 3.09. The fourth-order valence-corrected chi connectivity index (χ4v) is 4.30. The van der Waals surface area contributed by atoms with E-state index in [1.54, 1.807) is 11.8 Å². The van der Waals surface area contributed by atoms with Crippen LogP contribution in [0.3, 0.4) is 0 Å². The normalized spacial score (nSPS) is 15.4. The quantitative estimate of drug-likeness (QED) is 0.471. The summed E-state index contributed by atoms with van der Waals surface area (Å²) in [6.45, 7) is 10.6. The zero-order chi connectivity index (χ0) is 20.8. The summed E-state index contributed by atoms with van der Waals surface area (Å²) in [5.74, 6) is 1.73. The lowest BCUT2D eigenvalue weighted by molar-refractivity contribution is -0.125. The molecule has 1 saturated carbocycles. The third kappa shape index (κ3) is 6.07. The predicted molar refractivity (Wildman–Crippen MR) is 119 cm³/mol. The number of rotatable bonds is 9. The zero-order valence-corrected chi connectivity index (χ0v) is 18.9. The Morgan fingerprint density at radius 1 is 1.21 bits per heavy atom. The second kappa shape index (κ2) is 10.3. The second-order valence-corrected chi connectivity index (χ2v) is 10.1. The van der Waals surface area contributed by atoms with Gasteiger partial charge in [0, 0.05) is 24.3 Å². The van der Waals surface area contributed by atoms with Gasteiger partial charge in [-0.1, -0.05) is 58.7 Å². The van der Waals surface area contributed by atoms with Crippen molar-refractivity contribution in [1.82, 2.24) is 25.1 Å². The Hall–Kier alpha value is -1.83. The average molecular weight is 419 g/mol.